The third kappa shape index (κ3) is 2.38. The maximum Gasteiger partial charge on any atom is 0.124 e. The molecule has 1 saturated heterocycles. The number of hydrogen-bond donors (Lipinski definition) is 0. The van der Waals surface area contributed by atoms with Gasteiger partial charge in [-0.3, -0.25) is 0 Å². The van der Waals surface area contributed by atoms with Crippen molar-refractivity contribution in [3.05, 3.63) is 29.6 Å². The van der Waals surface area contributed by atoms with Gasteiger partial charge in [0.2, 0.25) is 0 Å². The Bertz CT molecular complexity index is 656. The summed E-state index contributed by atoms with van der Waals surface area (Å²) in [6.45, 7) is 2.45. The Morgan fingerprint density at radius 3 is 3.05 bits per heavy atom. The van der Waals surface area contributed by atoms with Crippen molar-refractivity contribution in [1.29, 1.82) is 5.26 Å². The number of rotatable bonds is 3. The maximum atomic E-state index is 9.15. The Kier molecular flexibility index (Phi) is 3.88. The van der Waals surface area contributed by atoms with Crippen molar-refractivity contribution in [2.75, 3.05) is 19.8 Å². The van der Waals surface area contributed by atoms with Crippen molar-refractivity contribution < 1.29 is 9.47 Å². The second-order valence-corrected chi connectivity index (χ2v) is 4.89. The van der Waals surface area contributed by atoms with E-state index in [1.165, 1.54) is 0 Å². The Labute approximate surface area is 121 Å². The van der Waals surface area contributed by atoms with E-state index in [0.717, 1.165) is 11.3 Å². The minimum Gasteiger partial charge on any atom is -0.376 e. The number of aromatic nitrogens is 2. The Morgan fingerprint density at radius 1 is 1.45 bits per heavy atom. The molecule has 2 heterocycles. The van der Waals surface area contributed by atoms with Gasteiger partial charge in [0, 0.05) is 0 Å². The molecular weight excluding hydrogens is 278 g/mol. The Morgan fingerprint density at radius 2 is 2.35 bits per heavy atom. The van der Waals surface area contributed by atoms with Gasteiger partial charge in [-0.25, -0.2) is 4.98 Å². The molecule has 1 unspecified atom stereocenters. The lowest BCUT2D eigenvalue weighted by atomic mass is 10.2. The standard InChI is InChI=1S/C14H14ClN3O2/c15-6-13-17-14-10(7-16)2-1-3-12(14)18(13)8-11-9-19-4-5-20-11/h1-3,11H,4-6,8-9H2. The van der Waals surface area contributed by atoms with Gasteiger partial charge in [0.05, 0.1) is 49.4 Å². The molecule has 3 rings (SSSR count). The van der Waals surface area contributed by atoms with Gasteiger partial charge in [0.25, 0.3) is 0 Å². The fourth-order valence-electron chi connectivity index (χ4n) is 2.44. The molecule has 20 heavy (non-hydrogen) atoms. The van der Waals surface area contributed by atoms with Gasteiger partial charge in [-0.1, -0.05) is 6.07 Å². The summed E-state index contributed by atoms with van der Waals surface area (Å²) in [5.41, 5.74) is 2.17. The second-order valence-electron chi connectivity index (χ2n) is 4.63. The molecule has 0 saturated carbocycles. The van der Waals surface area contributed by atoms with Crippen molar-refractivity contribution in [2.45, 2.75) is 18.5 Å². The van der Waals surface area contributed by atoms with Crippen LogP contribution in [0.15, 0.2) is 18.2 Å². The molecule has 104 valence electrons. The van der Waals surface area contributed by atoms with Crippen LogP contribution in [0.25, 0.3) is 11.0 Å². The lowest BCUT2D eigenvalue weighted by molar-refractivity contribution is -0.0934. The van der Waals surface area contributed by atoms with Crippen molar-refractivity contribution in [3.63, 3.8) is 0 Å². The Hall–Kier alpha value is -1.61. The summed E-state index contributed by atoms with van der Waals surface area (Å²) >= 11 is 5.98. The number of hydrogen-bond acceptors (Lipinski definition) is 4. The van der Waals surface area contributed by atoms with Crippen LogP contribution in [0.1, 0.15) is 11.4 Å². The molecule has 0 amide bonds. The SMILES string of the molecule is N#Cc1cccc2c1nc(CCl)n2CC1COCCO1. The van der Waals surface area contributed by atoms with Gasteiger partial charge >= 0.3 is 0 Å². The fraction of sp³-hybridized carbons (Fsp3) is 0.429. The normalized spacial score (nSPS) is 19.1. The van der Waals surface area contributed by atoms with Crippen molar-refractivity contribution in [2.24, 2.45) is 0 Å². The molecule has 2 aromatic rings. The first-order valence-electron chi connectivity index (χ1n) is 6.47. The molecule has 1 aliphatic rings. The van der Waals surface area contributed by atoms with Crippen LogP contribution in [0.5, 0.6) is 0 Å². The number of halogens is 1. The van der Waals surface area contributed by atoms with E-state index >= 15 is 0 Å². The first-order chi connectivity index (χ1) is 9.83. The zero-order valence-corrected chi connectivity index (χ0v) is 11.6. The van der Waals surface area contributed by atoms with Gasteiger partial charge in [-0.05, 0) is 12.1 Å². The molecule has 6 heteroatoms. The zero-order chi connectivity index (χ0) is 13.9. The number of alkyl halides is 1. The molecular formula is C14H14ClN3O2. The number of nitrogens with zero attached hydrogens (tertiary/aromatic N) is 3. The predicted molar refractivity (Wildman–Crippen MR) is 74.6 cm³/mol. The van der Waals surface area contributed by atoms with Crippen LogP contribution in [-0.2, 0) is 21.9 Å². The number of ether oxygens (including phenoxy) is 2. The molecule has 1 aliphatic heterocycles. The topological polar surface area (TPSA) is 60.1 Å². The summed E-state index contributed by atoms with van der Waals surface area (Å²) in [5.74, 6) is 1.05. The van der Waals surface area contributed by atoms with Crippen molar-refractivity contribution >= 4 is 22.6 Å². The van der Waals surface area contributed by atoms with E-state index in [2.05, 4.69) is 11.1 Å². The number of imidazole rings is 1. The van der Waals surface area contributed by atoms with Gasteiger partial charge in [-0.2, -0.15) is 5.26 Å². The fourth-order valence-corrected chi connectivity index (χ4v) is 2.64. The highest BCUT2D eigenvalue weighted by Crippen LogP contribution is 2.22. The van der Waals surface area contributed by atoms with Crippen molar-refractivity contribution in [3.8, 4) is 6.07 Å². The van der Waals surface area contributed by atoms with Crippen LogP contribution in [-0.4, -0.2) is 35.5 Å². The van der Waals surface area contributed by atoms with E-state index in [1.54, 1.807) is 6.07 Å². The van der Waals surface area contributed by atoms with E-state index < -0.39 is 0 Å². The highest BCUT2D eigenvalue weighted by molar-refractivity contribution is 6.16. The molecule has 1 aromatic carbocycles. The molecule has 1 atom stereocenters. The van der Waals surface area contributed by atoms with Crippen LogP contribution in [0.4, 0.5) is 0 Å². The summed E-state index contributed by atoms with van der Waals surface area (Å²) in [7, 11) is 0. The second kappa shape index (κ2) is 5.80. The first kappa shape index (κ1) is 13.4. The van der Waals surface area contributed by atoms with E-state index in [-0.39, 0.29) is 6.10 Å². The smallest absolute Gasteiger partial charge is 0.124 e. The molecule has 0 N–H and O–H groups in total. The molecule has 1 aromatic heterocycles. The molecule has 0 radical (unpaired) electrons. The monoisotopic (exact) mass is 291 g/mol. The van der Waals surface area contributed by atoms with Crippen LogP contribution in [0.3, 0.4) is 0 Å². The van der Waals surface area contributed by atoms with Crippen LogP contribution < -0.4 is 0 Å². The first-order valence-corrected chi connectivity index (χ1v) is 7.00. The van der Waals surface area contributed by atoms with E-state index in [9.17, 15) is 0 Å². The summed E-state index contributed by atoms with van der Waals surface area (Å²) in [4.78, 5) is 4.48. The average molecular weight is 292 g/mol. The number of para-hydroxylation sites is 1. The van der Waals surface area contributed by atoms with Gasteiger partial charge in [0.15, 0.2) is 0 Å². The highest BCUT2D eigenvalue weighted by Gasteiger charge is 2.19. The quantitative estimate of drug-likeness (QED) is 0.812. The number of benzene rings is 1. The van der Waals surface area contributed by atoms with Crippen LogP contribution >= 0.6 is 11.6 Å². The minimum absolute atomic E-state index is 0.00569. The lowest BCUT2D eigenvalue weighted by Gasteiger charge is -2.24. The summed E-state index contributed by atoms with van der Waals surface area (Å²) < 4.78 is 13.1. The summed E-state index contributed by atoms with van der Waals surface area (Å²) in [6.07, 6.45) is -0.00569. The van der Waals surface area contributed by atoms with Crippen LogP contribution in [0.2, 0.25) is 0 Å². The van der Waals surface area contributed by atoms with E-state index in [1.807, 2.05) is 16.7 Å². The maximum absolute atomic E-state index is 9.15. The average Bonchev–Trinajstić information content (AvgIpc) is 2.86. The van der Waals surface area contributed by atoms with Crippen molar-refractivity contribution in [1.82, 2.24) is 9.55 Å². The van der Waals surface area contributed by atoms with E-state index in [0.29, 0.717) is 43.3 Å². The highest BCUT2D eigenvalue weighted by atomic mass is 35.5. The van der Waals surface area contributed by atoms with E-state index in [4.69, 9.17) is 26.3 Å². The van der Waals surface area contributed by atoms with Gasteiger partial charge in [-0.15, -0.1) is 11.6 Å². The number of nitriles is 1. The lowest BCUT2D eigenvalue weighted by Crippen LogP contribution is -2.32. The molecule has 5 nitrogen and oxygen atoms in total. The summed E-state index contributed by atoms with van der Waals surface area (Å²) in [5, 5.41) is 9.15. The molecule has 0 bridgehead atoms. The Balaban J connectivity index is 2.02. The molecule has 0 aliphatic carbocycles. The van der Waals surface area contributed by atoms with Crippen LogP contribution in [0, 0.1) is 11.3 Å². The summed E-state index contributed by atoms with van der Waals surface area (Å²) in [6, 6.07) is 7.73. The third-order valence-electron chi connectivity index (χ3n) is 3.37. The predicted octanol–water partition coefficient (Wildman–Crippen LogP) is 2.06. The number of fused-ring (bicyclic) bond motifs is 1. The minimum atomic E-state index is -0.00569. The zero-order valence-electron chi connectivity index (χ0n) is 10.9. The molecule has 0 spiro atoms. The molecule has 1 fully saturated rings. The van der Waals surface area contributed by atoms with Gasteiger partial charge < -0.3 is 14.0 Å². The third-order valence-corrected chi connectivity index (χ3v) is 3.61. The van der Waals surface area contributed by atoms with Gasteiger partial charge in [0.1, 0.15) is 17.4 Å². The largest absolute Gasteiger partial charge is 0.376 e.